The number of hydrogen-bond acceptors (Lipinski definition) is 5. The Labute approximate surface area is 81.7 Å². The molecule has 0 aliphatic carbocycles. The Hall–Kier alpha value is -0.700. The number of nitrogens with one attached hydrogen (secondary N) is 1. The third-order valence-electron chi connectivity index (χ3n) is 1.21. The maximum absolute atomic E-state index is 10.9. The topological polar surface area (TPSA) is 113 Å². The van der Waals surface area contributed by atoms with Gasteiger partial charge in [-0.15, -0.1) is 0 Å². The SMILES string of the molecule is COCC(O)CNS(=O)(=O)CC(=O)O. The van der Waals surface area contributed by atoms with E-state index in [0.717, 1.165) is 0 Å². The van der Waals surface area contributed by atoms with Crippen LogP contribution in [0.2, 0.25) is 0 Å². The highest BCUT2D eigenvalue weighted by Gasteiger charge is 2.16. The van der Waals surface area contributed by atoms with Crippen LogP contribution in [0.5, 0.6) is 0 Å². The number of aliphatic hydroxyl groups is 1. The Balaban J connectivity index is 3.93. The summed E-state index contributed by atoms with van der Waals surface area (Å²) in [6, 6.07) is 0. The Morgan fingerprint density at radius 1 is 1.57 bits per heavy atom. The number of aliphatic hydroxyl groups excluding tert-OH is 1. The second-order valence-electron chi connectivity index (χ2n) is 2.61. The molecule has 1 unspecified atom stereocenters. The van der Waals surface area contributed by atoms with Gasteiger partial charge in [0.15, 0.2) is 5.75 Å². The first kappa shape index (κ1) is 13.3. The summed E-state index contributed by atoms with van der Waals surface area (Å²) in [7, 11) is -2.50. The molecule has 7 nitrogen and oxygen atoms in total. The Kier molecular flexibility index (Phi) is 5.62. The normalized spacial score (nSPS) is 13.9. The molecular weight excluding hydrogens is 214 g/mol. The molecule has 0 saturated heterocycles. The van der Waals surface area contributed by atoms with E-state index in [0.29, 0.717) is 0 Å². The zero-order chi connectivity index (χ0) is 11.2. The lowest BCUT2D eigenvalue weighted by molar-refractivity contribution is -0.134. The van der Waals surface area contributed by atoms with Crippen molar-refractivity contribution in [3.63, 3.8) is 0 Å². The van der Waals surface area contributed by atoms with Crippen LogP contribution in [0.15, 0.2) is 0 Å². The number of hydrogen-bond donors (Lipinski definition) is 3. The molecule has 1 atom stereocenters. The second-order valence-corrected chi connectivity index (χ2v) is 4.42. The fraction of sp³-hybridized carbons (Fsp3) is 0.833. The van der Waals surface area contributed by atoms with E-state index in [1.165, 1.54) is 7.11 Å². The predicted molar refractivity (Wildman–Crippen MR) is 47.3 cm³/mol. The first-order valence-corrected chi connectivity index (χ1v) is 5.38. The molecule has 0 aliphatic heterocycles. The summed E-state index contributed by atoms with van der Waals surface area (Å²) in [4.78, 5) is 10.1. The van der Waals surface area contributed by atoms with Crippen molar-refractivity contribution in [2.24, 2.45) is 0 Å². The van der Waals surface area contributed by atoms with Crippen LogP contribution in [0, 0.1) is 0 Å². The number of carbonyl (C=O) groups is 1. The Morgan fingerprint density at radius 3 is 2.57 bits per heavy atom. The zero-order valence-corrected chi connectivity index (χ0v) is 8.45. The zero-order valence-electron chi connectivity index (χ0n) is 7.63. The number of carboxylic acids is 1. The fourth-order valence-electron chi connectivity index (χ4n) is 0.688. The molecule has 0 aliphatic rings. The summed E-state index contributed by atoms with van der Waals surface area (Å²) in [5, 5.41) is 17.3. The van der Waals surface area contributed by atoms with Crippen LogP contribution < -0.4 is 4.72 Å². The molecule has 0 spiro atoms. The van der Waals surface area contributed by atoms with Crippen molar-refractivity contribution in [2.45, 2.75) is 6.10 Å². The monoisotopic (exact) mass is 227 g/mol. The average Bonchev–Trinajstić information content (AvgIpc) is 1.99. The largest absolute Gasteiger partial charge is 0.480 e. The molecule has 0 radical (unpaired) electrons. The summed E-state index contributed by atoms with van der Waals surface area (Å²) in [6.07, 6.45) is -0.983. The smallest absolute Gasteiger partial charge is 0.320 e. The minimum Gasteiger partial charge on any atom is -0.480 e. The molecule has 0 fully saturated rings. The van der Waals surface area contributed by atoms with Crippen molar-refractivity contribution in [1.82, 2.24) is 4.72 Å². The minimum absolute atomic E-state index is 0.0183. The molecule has 8 heteroatoms. The summed E-state index contributed by atoms with van der Waals surface area (Å²) in [6.45, 7) is -0.279. The van der Waals surface area contributed by atoms with Gasteiger partial charge in [0.2, 0.25) is 10.0 Å². The molecular formula is C6H13NO6S. The molecule has 0 bridgehead atoms. The van der Waals surface area contributed by atoms with E-state index in [9.17, 15) is 13.2 Å². The summed E-state index contributed by atoms with van der Waals surface area (Å²) >= 11 is 0. The highest BCUT2D eigenvalue weighted by atomic mass is 32.2. The lowest BCUT2D eigenvalue weighted by atomic mass is 10.4. The standard InChI is InChI=1S/C6H13NO6S/c1-13-3-5(8)2-7-14(11,12)4-6(9)10/h5,7-8H,2-4H2,1H3,(H,9,10). The molecule has 0 saturated carbocycles. The maximum atomic E-state index is 10.9. The second kappa shape index (κ2) is 5.91. The summed E-state index contributed by atoms with van der Waals surface area (Å²) in [5.74, 6) is -2.45. The molecule has 0 rings (SSSR count). The number of ether oxygens (including phenoxy) is 1. The number of aliphatic carboxylic acids is 1. The van der Waals surface area contributed by atoms with E-state index in [-0.39, 0.29) is 13.2 Å². The number of methoxy groups -OCH3 is 1. The van der Waals surface area contributed by atoms with Gasteiger partial charge in [-0.3, -0.25) is 4.79 Å². The van der Waals surface area contributed by atoms with Crippen molar-refractivity contribution in [3.05, 3.63) is 0 Å². The highest BCUT2D eigenvalue weighted by Crippen LogP contribution is 1.87. The van der Waals surface area contributed by atoms with Gasteiger partial charge >= 0.3 is 5.97 Å². The third-order valence-corrected chi connectivity index (χ3v) is 2.44. The number of carboxylic acid groups (broad SMARTS) is 1. The maximum Gasteiger partial charge on any atom is 0.320 e. The Morgan fingerprint density at radius 2 is 2.14 bits per heavy atom. The van der Waals surface area contributed by atoms with Crippen molar-refractivity contribution in [1.29, 1.82) is 0 Å². The van der Waals surface area contributed by atoms with Gasteiger partial charge in [0.05, 0.1) is 12.7 Å². The van der Waals surface area contributed by atoms with E-state index >= 15 is 0 Å². The van der Waals surface area contributed by atoms with Crippen LogP contribution >= 0.6 is 0 Å². The molecule has 0 aromatic rings. The van der Waals surface area contributed by atoms with Crippen LogP contribution in [0.25, 0.3) is 0 Å². The van der Waals surface area contributed by atoms with Crippen LogP contribution in [0.3, 0.4) is 0 Å². The molecule has 3 N–H and O–H groups in total. The lowest BCUT2D eigenvalue weighted by Crippen LogP contribution is -2.37. The molecule has 0 amide bonds. The van der Waals surface area contributed by atoms with Crippen molar-refractivity contribution >= 4 is 16.0 Å². The fourth-order valence-corrected chi connectivity index (χ4v) is 1.56. The first-order chi connectivity index (χ1) is 6.37. The van der Waals surface area contributed by atoms with E-state index in [1.807, 2.05) is 4.72 Å². The van der Waals surface area contributed by atoms with Gasteiger partial charge in [-0.2, -0.15) is 0 Å². The molecule has 14 heavy (non-hydrogen) atoms. The Bertz CT molecular complexity index is 274. The van der Waals surface area contributed by atoms with E-state index in [1.54, 1.807) is 0 Å². The summed E-state index contributed by atoms with van der Waals surface area (Å²) in [5.41, 5.74) is 0. The molecule has 0 aromatic heterocycles. The van der Waals surface area contributed by atoms with Gasteiger partial charge in [-0.05, 0) is 0 Å². The predicted octanol–water partition coefficient (Wildman–Crippen LogP) is -2.00. The third kappa shape index (κ3) is 6.78. The number of sulfonamides is 1. The van der Waals surface area contributed by atoms with Crippen molar-refractivity contribution in [2.75, 3.05) is 26.0 Å². The van der Waals surface area contributed by atoms with E-state index in [4.69, 9.17) is 10.2 Å². The van der Waals surface area contributed by atoms with Gasteiger partial charge in [0, 0.05) is 13.7 Å². The summed E-state index contributed by atoms with van der Waals surface area (Å²) < 4.78 is 28.3. The molecule has 84 valence electrons. The average molecular weight is 227 g/mol. The van der Waals surface area contributed by atoms with Gasteiger partial charge in [0.25, 0.3) is 0 Å². The van der Waals surface area contributed by atoms with E-state index in [2.05, 4.69) is 4.74 Å². The quantitative estimate of drug-likeness (QED) is 0.463. The van der Waals surface area contributed by atoms with Gasteiger partial charge in [-0.25, -0.2) is 13.1 Å². The van der Waals surface area contributed by atoms with Crippen LogP contribution in [0.1, 0.15) is 0 Å². The van der Waals surface area contributed by atoms with Gasteiger partial charge in [-0.1, -0.05) is 0 Å². The first-order valence-electron chi connectivity index (χ1n) is 3.73. The molecule has 0 heterocycles. The van der Waals surface area contributed by atoms with Gasteiger partial charge < -0.3 is 14.9 Å². The lowest BCUT2D eigenvalue weighted by Gasteiger charge is -2.09. The molecule has 0 aromatic carbocycles. The highest BCUT2D eigenvalue weighted by molar-refractivity contribution is 7.90. The minimum atomic E-state index is -3.86. The van der Waals surface area contributed by atoms with Crippen molar-refractivity contribution < 1.29 is 28.2 Å². The van der Waals surface area contributed by atoms with Crippen LogP contribution in [-0.4, -0.2) is 56.7 Å². The van der Waals surface area contributed by atoms with Gasteiger partial charge in [0.1, 0.15) is 0 Å². The number of rotatable bonds is 7. The van der Waals surface area contributed by atoms with Crippen molar-refractivity contribution in [3.8, 4) is 0 Å². The van der Waals surface area contributed by atoms with Crippen LogP contribution in [-0.2, 0) is 19.6 Å². The van der Waals surface area contributed by atoms with Crippen LogP contribution in [0.4, 0.5) is 0 Å². The van der Waals surface area contributed by atoms with E-state index < -0.39 is 27.8 Å².